The number of benzene rings is 1. The van der Waals surface area contributed by atoms with Crippen molar-refractivity contribution in [3.05, 3.63) is 57.1 Å². The Labute approximate surface area is 151 Å². The van der Waals surface area contributed by atoms with Crippen LogP contribution in [0.15, 0.2) is 34.7 Å². The van der Waals surface area contributed by atoms with Gasteiger partial charge in [-0.2, -0.15) is 13.2 Å². The molecule has 2 atom stereocenters. The molecule has 2 aliphatic carbocycles. The van der Waals surface area contributed by atoms with E-state index in [0.717, 1.165) is 36.5 Å². The molecule has 8 heteroatoms. The monoisotopic (exact) mass is 374 g/mol. The van der Waals surface area contributed by atoms with Crippen LogP contribution in [0.1, 0.15) is 47.8 Å². The molecule has 1 fully saturated rings. The number of hydrogen-bond donors (Lipinski definition) is 0. The first-order valence-corrected chi connectivity index (χ1v) is 8.63. The van der Waals surface area contributed by atoms with Crippen LogP contribution in [0.2, 0.25) is 0 Å². The van der Waals surface area contributed by atoms with Crippen molar-refractivity contribution in [2.75, 3.05) is 0 Å². The van der Waals surface area contributed by atoms with Crippen molar-refractivity contribution < 1.29 is 22.5 Å². The van der Waals surface area contributed by atoms with E-state index in [1.165, 1.54) is 18.2 Å². The molecule has 2 unspecified atom stereocenters. The molecular weight excluding hydrogens is 361 g/mol. The summed E-state index contributed by atoms with van der Waals surface area (Å²) in [5.74, 6) is 0.0931. The standard InChI is InChI=1S/C19H13F3N2O3/c20-19(21,22)12-3-1-2-11-15-9-4-5-10(8-9)16(15)18(23-17(11)12)13-6-7-14(27-13)24(25)26/h1-3,6-7,9-10H,4-5,8H2. The van der Waals surface area contributed by atoms with Crippen molar-refractivity contribution in [1.29, 1.82) is 0 Å². The molecule has 2 aromatic heterocycles. The lowest BCUT2D eigenvalue weighted by Crippen LogP contribution is -2.10. The fraction of sp³-hybridized carbons (Fsp3) is 0.316. The second kappa shape index (κ2) is 5.31. The van der Waals surface area contributed by atoms with Crippen LogP contribution in [0, 0.1) is 10.1 Å². The second-order valence-electron chi connectivity index (χ2n) is 7.09. The second-order valence-corrected chi connectivity index (χ2v) is 7.09. The summed E-state index contributed by atoms with van der Waals surface area (Å²) >= 11 is 0. The van der Waals surface area contributed by atoms with E-state index < -0.39 is 22.5 Å². The van der Waals surface area contributed by atoms with E-state index in [2.05, 4.69) is 4.98 Å². The molecule has 2 bridgehead atoms. The van der Waals surface area contributed by atoms with Crippen LogP contribution in [0.3, 0.4) is 0 Å². The van der Waals surface area contributed by atoms with Gasteiger partial charge in [-0.05, 0) is 54.4 Å². The number of halogens is 3. The summed E-state index contributed by atoms with van der Waals surface area (Å²) in [6, 6.07) is 6.73. The van der Waals surface area contributed by atoms with Crippen molar-refractivity contribution in [3.63, 3.8) is 0 Å². The number of hydrogen-bond acceptors (Lipinski definition) is 4. The minimum absolute atomic E-state index is 0.120. The predicted molar refractivity (Wildman–Crippen MR) is 90.4 cm³/mol. The Hall–Kier alpha value is -2.90. The van der Waals surface area contributed by atoms with Gasteiger partial charge in [-0.15, -0.1) is 0 Å². The van der Waals surface area contributed by atoms with Gasteiger partial charge in [0, 0.05) is 5.39 Å². The first-order chi connectivity index (χ1) is 12.8. The van der Waals surface area contributed by atoms with Gasteiger partial charge in [0.25, 0.3) is 0 Å². The van der Waals surface area contributed by atoms with Crippen molar-refractivity contribution in [3.8, 4) is 11.5 Å². The SMILES string of the molecule is O=[N+]([O-])c1ccc(-c2nc3c(C(F)(F)F)cccc3c3c2C2CCC3C2)o1. The Morgan fingerprint density at radius 3 is 2.52 bits per heavy atom. The first kappa shape index (κ1) is 16.3. The van der Waals surface area contributed by atoms with E-state index in [1.54, 1.807) is 6.07 Å². The van der Waals surface area contributed by atoms with E-state index in [4.69, 9.17) is 4.42 Å². The smallest absolute Gasteiger partial charge is 0.399 e. The molecule has 27 heavy (non-hydrogen) atoms. The van der Waals surface area contributed by atoms with Gasteiger partial charge < -0.3 is 4.42 Å². The minimum atomic E-state index is -4.54. The largest absolute Gasteiger partial charge is 0.433 e. The molecule has 1 aromatic carbocycles. The summed E-state index contributed by atoms with van der Waals surface area (Å²) in [6.45, 7) is 0. The highest BCUT2D eigenvalue weighted by Gasteiger charge is 2.43. The Morgan fingerprint density at radius 1 is 1.11 bits per heavy atom. The topological polar surface area (TPSA) is 69.2 Å². The number of pyridine rings is 1. The molecular formula is C19H13F3N2O3. The number of rotatable bonds is 2. The Kier molecular flexibility index (Phi) is 3.20. The molecule has 0 radical (unpaired) electrons. The Balaban J connectivity index is 1.85. The number of aromatic nitrogens is 1. The van der Waals surface area contributed by atoms with Crippen LogP contribution in [-0.4, -0.2) is 9.91 Å². The molecule has 0 N–H and O–H groups in total. The lowest BCUT2D eigenvalue weighted by atomic mass is 9.86. The Morgan fingerprint density at radius 2 is 1.85 bits per heavy atom. The third-order valence-electron chi connectivity index (χ3n) is 5.65. The Bertz CT molecular complexity index is 1100. The van der Waals surface area contributed by atoms with Gasteiger partial charge in [-0.25, -0.2) is 4.98 Å². The number of nitrogens with zero attached hydrogens (tertiary/aromatic N) is 2. The number of furan rings is 1. The normalized spacial score (nSPS) is 21.0. The molecule has 0 amide bonds. The molecule has 5 nitrogen and oxygen atoms in total. The molecule has 138 valence electrons. The van der Waals surface area contributed by atoms with Crippen molar-refractivity contribution in [1.82, 2.24) is 4.98 Å². The van der Waals surface area contributed by atoms with Gasteiger partial charge in [0.05, 0.1) is 17.1 Å². The quantitative estimate of drug-likeness (QED) is 0.421. The van der Waals surface area contributed by atoms with Gasteiger partial charge in [0.2, 0.25) is 0 Å². The van der Waals surface area contributed by atoms with Gasteiger partial charge in [-0.3, -0.25) is 10.1 Å². The average Bonchev–Trinajstić information content (AvgIpc) is 3.35. The van der Waals surface area contributed by atoms with Crippen LogP contribution in [-0.2, 0) is 6.18 Å². The summed E-state index contributed by atoms with van der Waals surface area (Å²) in [7, 11) is 0. The number of para-hydroxylation sites is 1. The van der Waals surface area contributed by atoms with Crippen molar-refractivity contribution >= 4 is 16.8 Å². The van der Waals surface area contributed by atoms with Crippen LogP contribution in [0.5, 0.6) is 0 Å². The first-order valence-electron chi connectivity index (χ1n) is 8.63. The lowest BCUT2D eigenvalue weighted by Gasteiger charge is -2.21. The zero-order valence-electron chi connectivity index (χ0n) is 13.9. The van der Waals surface area contributed by atoms with Gasteiger partial charge in [0.15, 0.2) is 5.76 Å². The molecule has 0 aliphatic heterocycles. The maximum atomic E-state index is 13.5. The zero-order valence-corrected chi connectivity index (χ0v) is 13.9. The molecule has 3 aromatic rings. The highest BCUT2D eigenvalue weighted by atomic mass is 19.4. The molecule has 0 saturated heterocycles. The van der Waals surface area contributed by atoms with Crippen LogP contribution >= 0.6 is 0 Å². The van der Waals surface area contributed by atoms with Crippen LogP contribution in [0.4, 0.5) is 19.1 Å². The van der Waals surface area contributed by atoms with Crippen molar-refractivity contribution in [2.24, 2.45) is 0 Å². The summed E-state index contributed by atoms with van der Waals surface area (Å²) in [5, 5.41) is 11.5. The fourth-order valence-electron chi connectivity index (χ4n) is 4.65. The molecule has 1 saturated carbocycles. The van der Waals surface area contributed by atoms with E-state index in [9.17, 15) is 23.3 Å². The van der Waals surface area contributed by atoms with Gasteiger partial charge in [0.1, 0.15) is 10.6 Å². The average molecular weight is 374 g/mol. The third kappa shape index (κ3) is 2.28. The third-order valence-corrected chi connectivity index (χ3v) is 5.65. The minimum Gasteiger partial charge on any atom is -0.399 e. The van der Waals surface area contributed by atoms with E-state index in [1.807, 2.05) is 0 Å². The van der Waals surface area contributed by atoms with Gasteiger partial charge >= 0.3 is 12.1 Å². The predicted octanol–water partition coefficient (Wildman–Crippen LogP) is 5.79. The molecule has 2 heterocycles. The van der Waals surface area contributed by atoms with Crippen molar-refractivity contribution in [2.45, 2.75) is 37.3 Å². The summed E-state index contributed by atoms with van der Waals surface area (Å²) in [6.07, 6.45) is -1.78. The highest BCUT2D eigenvalue weighted by Crippen LogP contribution is 2.57. The van der Waals surface area contributed by atoms with E-state index >= 15 is 0 Å². The summed E-state index contributed by atoms with van der Waals surface area (Å²) in [4.78, 5) is 14.6. The number of fused-ring (bicyclic) bond motifs is 7. The fourth-order valence-corrected chi connectivity index (χ4v) is 4.65. The summed E-state index contributed by atoms with van der Waals surface area (Å²) < 4.78 is 45.9. The summed E-state index contributed by atoms with van der Waals surface area (Å²) in [5.41, 5.74) is 1.17. The maximum absolute atomic E-state index is 13.5. The van der Waals surface area contributed by atoms with Crippen LogP contribution in [0.25, 0.3) is 22.4 Å². The van der Waals surface area contributed by atoms with E-state index in [-0.39, 0.29) is 23.1 Å². The molecule has 0 spiro atoms. The highest BCUT2D eigenvalue weighted by molar-refractivity contribution is 5.91. The maximum Gasteiger partial charge on any atom is 0.433 e. The van der Waals surface area contributed by atoms with Crippen LogP contribution < -0.4 is 0 Å². The molecule has 2 aliphatic rings. The van der Waals surface area contributed by atoms with Gasteiger partial charge in [-0.1, -0.05) is 12.1 Å². The molecule has 5 rings (SSSR count). The lowest BCUT2D eigenvalue weighted by molar-refractivity contribution is -0.401. The number of alkyl halides is 3. The number of nitro groups is 1. The van der Waals surface area contributed by atoms with E-state index in [0.29, 0.717) is 11.1 Å². The zero-order chi connectivity index (χ0) is 18.9.